The van der Waals surface area contributed by atoms with E-state index < -0.39 is 46.3 Å². The minimum Gasteiger partial charge on any atom is -0.493 e. The molecule has 34 heavy (non-hydrogen) atoms. The van der Waals surface area contributed by atoms with E-state index in [1.807, 2.05) is 5.32 Å². The fourth-order valence-electron chi connectivity index (χ4n) is 3.27. The lowest BCUT2D eigenvalue weighted by Gasteiger charge is -2.13. The Balaban J connectivity index is 1.87. The summed E-state index contributed by atoms with van der Waals surface area (Å²) in [6.45, 7) is 0. The quantitative estimate of drug-likeness (QED) is 0.410. The number of alkyl halides is 3. The molecule has 176 valence electrons. The summed E-state index contributed by atoms with van der Waals surface area (Å²) in [5.41, 5.74) is -2.76. The normalized spacial score (nSPS) is 11.5. The monoisotopic (exact) mass is 478 g/mol. The first-order chi connectivity index (χ1) is 16.1. The second kappa shape index (κ2) is 8.61. The highest BCUT2D eigenvalue weighted by molar-refractivity contribution is 6.08. The minimum atomic E-state index is -4.86. The number of carbonyl (C=O) groups excluding carboxylic acids is 1. The third kappa shape index (κ3) is 4.09. The summed E-state index contributed by atoms with van der Waals surface area (Å²) in [4.78, 5) is 16.9. The van der Waals surface area contributed by atoms with E-state index in [1.165, 1.54) is 32.4 Å². The van der Waals surface area contributed by atoms with Gasteiger partial charge in [0.05, 0.1) is 26.1 Å². The van der Waals surface area contributed by atoms with E-state index in [2.05, 4.69) is 10.1 Å². The number of nitrogens with one attached hydrogen (secondary N) is 1. The van der Waals surface area contributed by atoms with Gasteiger partial charge in [0.15, 0.2) is 22.8 Å². The van der Waals surface area contributed by atoms with Crippen molar-refractivity contribution in [3.8, 4) is 22.8 Å². The summed E-state index contributed by atoms with van der Waals surface area (Å²) in [7, 11) is 2.76. The molecule has 2 aromatic heterocycles. The van der Waals surface area contributed by atoms with Crippen LogP contribution in [0, 0.1) is 11.6 Å². The lowest BCUT2D eigenvalue weighted by atomic mass is 10.1. The fraction of sp³-hybridized carbons (Fsp3) is 0.136. The van der Waals surface area contributed by atoms with Gasteiger partial charge in [0, 0.05) is 5.56 Å². The predicted octanol–water partition coefficient (Wildman–Crippen LogP) is 4.96. The first-order valence-electron chi connectivity index (χ1n) is 9.57. The number of carbonyl (C=O) groups is 1. The summed E-state index contributed by atoms with van der Waals surface area (Å²) in [6.07, 6.45) is -4.02. The molecular formula is C22H15F5N4O3. The van der Waals surface area contributed by atoms with Crippen molar-refractivity contribution in [1.29, 1.82) is 0 Å². The highest BCUT2D eigenvalue weighted by Crippen LogP contribution is 2.36. The van der Waals surface area contributed by atoms with Gasteiger partial charge in [0.1, 0.15) is 22.9 Å². The van der Waals surface area contributed by atoms with Gasteiger partial charge in [-0.1, -0.05) is 6.07 Å². The van der Waals surface area contributed by atoms with Crippen LogP contribution < -0.4 is 14.8 Å². The Hall–Kier alpha value is -4.22. The smallest absolute Gasteiger partial charge is 0.433 e. The molecule has 0 unspecified atom stereocenters. The largest absolute Gasteiger partial charge is 0.493 e. The molecular weight excluding hydrogens is 463 g/mol. The average Bonchev–Trinajstić information content (AvgIpc) is 3.23. The second-order valence-electron chi connectivity index (χ2n) is 6.94. The lowest BCUT2D eigenvalue weighted by molar-refractivity contribution is -0.142. The summed E-state index contributed by atoms with van der Waals surface area (Å²) >= 11 is 0. The molecule has 2 aromatic carbocycles. The molecule has 7 nitrogen and oxygen atoms in total. The third-order valence-corrected chi connectivity index (χ3v) is 4.89. The number of ether oxygens (including phenoxy) is 2. The van der Waals surface area contributed by atoms with Gasteiger partial charge in [0.2, 0.25) is 0 Å². The van der Waals surface area contributed by atoms with Crippen LogP contribution in [-0.2, 0) is 6.18 Å². The summed E-state index contributed by atoms with van der Waals surface area (Å²) in [5.74, 6) is -2.61. The molecule has 0 saturated carbocycles. The van der Waals surface area contributed by atoms with Crippen LogP contribution in [0.15, 0.2) is 48.7 Å². The Morgan fingerprint density at radius 1 is 1.00 bits per heavy atom. The van der Waals surface area contributed by atoms with Gasteiger partial charge < -0.3 is 14.8 Å². The first kappa shape index (κ1) is 23.0. The number of benzene rings is 2. The topological polar surface area (TPSA) is 77.8 Å². The predicted molar refractivity (Wildman–Crippen MR) is 111 cm³/mol. The van der Waals surface area contributed by atoms with Crippen molar-refractivity contribution in [2.24, 2.45) is 0 Å². The minimum absolute atomic E-state index is 0.146. The van der Waals surface area contributed by atoms with Crippen molar-refractivity contribution < 1.29 is 36.2 Å². The third-order valence-electron chi connectivity index (χ3n) is 4.89. The van der Waals surface area contributed by atoms with Gasteiger partial charge in [-0.25, -0.2) is 18.3 Å². The van der Waals surface area contributed by atoms with Crippen molar-refractivity contribution in [1.82, 2.24) is 14.6 Å². The van der Waals surface area contributed by atoms with Crippen molar-refractivity contribution in [3.05, 3.63) is 71.6 Å². The number of fused-ring (bicyclic) bond motifs is 1. The first-order valence-corrected chi connectivity index (χ1v) is 9.57. The molecule has 0 aliphatic heterocycles. The molecule has 0 bridgehead atoms. The van der Waals surface area contributed by atoms with Crippen LogP contribution in [0.1, 0.15) is 16.1 Å². The van der Waals surface area contributed by atoms with Gasteiger partial charge in [-0.15, -0.1) is 0 Å². The highest BCUT2D eigenvalue weighted by Gasteiger charge is 2.36. The van der Waals surface area contributed by atoms with Crippen LogP contribution in [0.5, 0.6) is 11.5 Å². The highest BCUT2D eigenvalue weighted by atomic mass is 19.4. The van der Waals surface area contributed by atoms with E-state index in [1.54, 1.807) is 0 Å². The summed E-state index contributed by atoms with van der Waals surface area (Å²) < 4.78 is 80.1. The van der Waals surface area contributed by atoms with Gasteiger partial charge in [-0.2, -0.15) is 18.3 Å². The number of nitrogens with zero attached hydrogens (tertiary/aromatic N) is 3. The molecule has 0 spiro atoms. The van der Waals surface area contributed by atoms with Crippen molar-refractivity contribution in [2.45, 2.75) is 6.18 Å². The second-order valence-corrected chi connectivity index (χ2v) is 6.94. The molecule has 0 aliphatic rings. The fourth-order valence-corrected chi connectivity index (χ4v) is 3.27. The Bertz CT molecular complexity index is 1380. The molecule has 4 rings (SSSR count). The van der Waals surface area contributed by atoms with Crippen molar-refractivity contribution in [2.75, 3.05) is 19.5 Å². The molecule has 0 atom stereocenters. The van der Waals surface area contributed by atoms with Crippen LogP contribution in [-0.4, -0.2) is 34.7 Å². The molecule has 0 aliphatic carbocycles. The number of hydrogen-bond donors (Lipinski definition) is 1. The number of halogens is 5. The van der Waals surface area contributed by atoms with E-state index >= 15 is 0 Å². The number of amides is 1. The van der Waals surface area contributed by atoms with Crippen molar-refractivity contribution in [3.63, 3.8) is 0 Å². The standard InChI is InChI=1S/C22H15F5N4O3/c1-33-16-7-6-11(8-17(16)34-2)15-9-18(22(25,26)27)31-20(29-15)12(10-28-31)21(32)30-19-13(23)4-3-5-14(19)24/h3-10H,1-2H3,(H,30,32). The van der Waals surface area contributed by atoms with Crippen molar-refractivity contribution >= 4 is 17.2 Å². The molecule has 1 N–H and O–H groups in total. The Morgan fingerprint density at radius 2 is 1.68 bits per heavy atom. The number of anilines is 1. The molecule has 4 aromatic rings. The average molecular weight is 478 g/mol. The van der Waals surface area contributed by atoms with Gasteiger partial charge in [-0.3, -0.25) is 4.79 Å². The van der Waals surface area contributed by atoms with Crippen LogP contribution in [0.25, 0.3) is 16.9 Å². The molecule has 0 saturated heterocycles. The molecule has 12 heteroatoms. The number of para-hydroxylation sites is 1. The molecule has 1 amide bonds. The Morgan fingerprint density at radius 3 is 2.29 bits per heavy atom. The van der Waals surface area contributed by atoms with E-state index in [0.29, 0.717) is 10.3 Å². The van der Waals surface area contributed by atoms with E-state index in [0.717, 1.165) is 30.5 Å². The zero-order valence-electron chi connectivity index (χ0n) is 17.6. The van der Waals surface area contributed by atoms with Crippen LogP contribution in [0.4, 0.5) is 27.6 Å². The maximum Gasteiger partial charge on any atom is 0.433 e. The summed E-state index contributed by atoms with van der Waals surface area (Å²) in [5, 5.41) is 5.65. The van der Waals surface area contributed by atoms with Gasteiger partial charge >= 0.3 is 6.18 Å². The van der Waals surface area contributed by atoms with Crippen LogP contribution >= 0.6 is 0 Å². The molecule has 2 heterocycles. The van der Waals surface area contributed by atoms with E-state index in [9.17, 15) is 26.7 Å². The van der Waals surface area contributed by atoms with Crippen LogP contribution in [0.3, 0.4) is 0 Å². The maximum atomic E-state index is 13.9. The van der Waals surface area contributed by atoms with Crippen LogP contribution in [0.2, 0.25) is 0 Å². The number of aromatic nitrogens is 3. The van der Waals surface area contributed by atoms with Gasteiger partial charge in [0.25, 0.3) is 5.91 Å². The Labute approximate surface area is 188 Å². The number of hydrogen-bond acceptors (Lipinski definition) is 5. The lowest BCUT2D eigenvalue weighted by Crippen LogP contribution is -2.16. The van der Waals surface area contributed by atoms with Gasteiger partial charge in [-0.05, 0) is 36.4 Å². The number of methoxy groups -OCH3 is 2. The van der Waals surface area contributed by atoms with E-state index in [-0.39, 0.29) is 17.0 Å². The zero-order chi connectivity index (χ0) is 24.6. The molecule has 0 fully saturated rings. The van der Waals surface area contributed by atoms with E-state index in [4.69, 9.17) is 9.47 Å². The Kier molecular flexibility index (Phi) is 5.82. The molecule has 0 radical (unpaired) electrons. The summed E-state index contributed by atoms with van der Waals surface area (Å²) in [6, 6.07) is 8.07. The SMILES string of the molecule is COc1ccc(-c2cc(C(F)(F)F)n3ncc(C(=O)Nc4c(F)cccc4F)c3n2)cc1OC. The number of rotatable bonds is 5. The maximum absolute atomic E-state index is 13.9. The zero-order valence-corrected chi connectivity index (χ0v) is 17.6.